The lowest BCUT2D eigenvalue weighted by atomic mass is 9.88. The van der Waals surface area contributed by atoms with Gasteiger partial charge in [-0.25, -0.2) is 4.39 Å². The maximum atomic E-state index is 13.0. The Balaban J connectivity index is 1.70. The predicted molar refractivity (Wildman–Crippen MR) is 72.7 cm³/mol. The second-order valence-corrected chi connectivity index (χ2v) is 6.61. The highest BCUT2D eigenvalue weighted by Crippen LogP contribution is 2.51. The Kier molecular flexibility index (Phi) is 3.46. The van der Waals surface area contributed by atoms with E-state index in [1.807, 2.05) is 0 Å². The molecule has 0 heterocycles. The zero-order chi connectivity index (χ0) is 12.7. The fourth-order valence-electron chi connectivity index (χ4n) is 3.02. The van der Waals surface area contributed by atoms with Gasteiger partial charge < -0.3 is 5.11 Å². The third-order valence-corrected chi connectivity index (χ3v) is 4.96. The molecule has 0 aliphatic heterocycles. The Labute approximate surface area is 116 Å². The van der Waals surface area contributed by atoms with E-state index in [0.29, 0.717) is 12.3 Å². The molecule has 2 fully saturated rings. The Morgan fingerprint density at radius 3 is 2.33 bits per heavy atom. The monoisotopic (exact) mass is 312 g/mol. The zero-order valence-electron chi connectivity index (χ0n) is 10.3. The molecule has 2 aliphatic carbocycles. The van der Waals surface area contributed by atoms with Crippen molar-refractivity contribution in [3.8, 4) is 0 Å². The number of hydrogen-bond donors (Lipinski definition) is 1. The molecule has 0 spiro atoms. The summed E-state index contributed by atoms with van der Waals surface area (Å²) in [5.74, 6) is 1.72. The normalized spacial score (nSPS) is 21.3. The van der Waals surface area contributed by atoms with E-state index in [-0.39, 0.29) is 11.9 Å². The lowest BCUT2D eigenvalue weighted by Crippen LogP contribution is -2.26. The highest BCUT2D eigenvalue weighted by Gasteiger charge is 2.44. The van der Waals surface area contributed by atoms with Crippen LogP contribution >= 0.6 is 15.9 Å². The molecule has 1 atom stereocenters. The van der Waals surface area contributed by atoms with Gasteiger partial charge in [0.05, 0.1) is 6.10 Å². The van der Waals surface area contributed by atoms with Gasteiger partial charge >= 0.3 is 0 Å². The van der Waals surface area contributed by atoms with Crippen molar-refractivity contribution in [1.82, 2.24) is 0 Å². The minimum atomic E-state index is -0.272. The van der Waals surface area contributed by atoms with E-state index in [1.165, 1.54) is 37.8 Å². The summed E-state index contributed by atoms with van der Waals surface area (Å²) in [6, 6.07) is 4.72. The third-order valence-electron chi connectivity index (χ3n) is 4.22. The van der Waals surface area contributed by atoms with Gasteiger partial charge in [-0.1, -0.05) is 22.0 Å². The first-order valence-electron chi connectivity index (χ1n) is 6.77. The molecule has 1 unspecified atom stereocenters. The second kappa shape index (κ2) is 4.93. The largest absolute Gasteiger partial charge is 0.392 e. The number of aliphatic hydroxyl groups excluding tert-OH is 1. The summed E-state index contributed by atoms with van der Waals surface area (Å²) in [7, 11) is 0. The van der Waals surface area contributed by atoms with Gasteiger partial charge in [-0.2, -0.15) is 0 Å². The van der Waals surface area contributed by atoms with Crippen LogP contribution in [0.4, 0.5) is 4.39 Å². The van der Waals surface area contributed by atoms with E-state index in [2.05, 4.69) is 15.9 Å². The fraction of sp³-hybridized carbons (Fsp3) is 0.600. The molecule has 3 rings (SSSR count). The van der Waals surface area contributed by atoms with E-state index in [1.54, 1.807) is 6.07 Å². The van der Waals surface area contributed by atoms with Crippen molar-refractivity contribution in [3.05, 3.63) is 34.1 Å². The number of rotatable bonds is 5. The summed E-state index contributed by atoms with van der Waals surface area (Å²) in [4.78, 5) is 0. The average Bonchev–Trinajstić information content (AvgIpc) is 3.16. The minimum absolute atomic E-state index is 0.235. The molecule has 2 saturated carbocycles. The molecular weight excluding hydrogens is 295 g/mol. The summed E-state index contributed by atoms with van der Waals surface area (Å²) in [6.45, 7) is 0. The van der Waals surface area contributed by atoms with Crippen molar-refractivity contribution >= 4 is 15.9 Å². The number of benzene rings is 1. The van der Waals surface area contributed by atoms with Crippen LogP contribution in [-0.2, 0) is 6.42 Å². The third kappa shape index (κ3) is 2.77. The van der Waals surface area contributed by atoms with Gasteiger partial charge in [0, 0.05) is 4.47 Å². The molecular formula is C15H18BrFO. The first-order valence-corrected chi connectivity index (χ1v) is 7.56. The van der Waals surface area contributed by atoms with Crippen molar-refractivity contribution < 1.29 is 9.50 Å². The van der Waals surface area contributed by atoms with Crippen LogP contribution in [-0.4, -0.2) is 11.2 Å². The fourth-order valence-corrected chi connectivity index (χ4v) is 3.54. The molecule has 2 aliphatic rings. The number of aliphatic hydroxyl groups is 1. The summed E-state index contributed by atoms with van der Waals surface area (Å²) in [6.07, 6.45) is 5.49. The topological polar surface area (TPSA) is 20.2 Å². The first kappa shape index (κ1) is 12.6. The van der Waals surface area contributed by atoms with E-state index < -0.39 is 0 Å². The Morgan fingerprint density at radius 2 is 1.83 bits per heavy atom. The van der Waals surface area contributed by atoms with Crippen LogP contribution in [0, 0.1) is 23.6 Å². The van der Waals surface area contributed by atoms with Crippen molar-refractivity contribution in [2.45, 2.75) is 38.2 Å². The Bertz CT molecular complexity index is 428. The molecule has 1 N–H and O–H groups in total. The Hall–Kier alpha value is -0.410. The van der Waals surface area contributed by atoms with Crippen molar-refractivity contribution in [3.63, 3.8) is 0 Å². The second-order valence-electron chi connectivity index (χ2n) is 5.76. The molecule has 1 aromatic carbocycles. The molecule has 0 amide bonds. The number of hydrogen-bond acceptors (Lipinski definition) is 1. The summed E-state index contributed by atoms with van der Waals surface area (Å²) in [5, 5.41) is 10.5. The molecule has 0 aromatic heterocycles. The predicted octanol–water partition coefficient (Wildman–Crippen LogP) is 3.93. The van der Waals surface area contributed by atoms with Crippen LogP contribution in [0.25, 0.3) is 0 Å². The molecule has 18 heavy (non-hydrogen) atoms. The van der Waals surface area contributed by atoms with Crippen LogP contribution in [0.5, 0.6) is 0 Å². The molecule has 98 valence electrons. The van der Waals surface area contributed by atoms with E-state index in [4.69, 9.17) is 0 Å². The van der Waals surface area contributed by atoms with Gasteiger partial charge in [0.1, 0.15) is 5.82 Å². The van der Waals surface area contributed by atoms with E-state index in [9.17, 15) is 9.50 Å². The van der Waals surface area contributed by atoms with E-state index in [0.717, 1.165) is 21.9 Å². The van der Waals surface area contributed by atoms with Gasteiger partial charge in [0.25, 0.3) is 0 Å². The minimum Gasteiger partial charge on any atom is -0.392 e. The summed E-state index contributed by atoms with van der Waals surface area (Å²) < 4.78 is 13.8. The van der Waals surface area contributed by atoms with Gasteiger partial charge in [0.2, 0.25) is 0 Å². The number of halogens is 2. The molecule has 0 saturated heterocycles. The molecule has 0 bridgehead atoms. The molecule has 1 nitrogen and oxygen atoms in total. The average molecular weight is 313 g/mol. The van der Waals surface area contributed by atoms with E-state index >= 15 is 0 Å². The van der Waals surface area contributed by atoms with Crippen LogP contribution in [0.3, 0.4) is 0 Å². The SMILES string of the molecule is OC(Cc1ccc(F)cc1Br)C(C1CC1)C1CC1. The summed E-state index contributed by atoms with van der Waals surface area (Å²) in [5.41, 5.74) is 1.01. The van der Waals surface area contributed by atoms with Crippen LogP contribution < -0.4 is 0 Å². The first-order chi connectivity index (χ1) is 8.65. The quantitative estimate of drug-likeness (QED) is 0.873. The van der Waals surface area contributed by atoms with Gasteiger partial charge in [-0.05, 0) is 67.6 Å². The highest BCUT2D eigenvalue weighted by atomic mass is 79.9. The Morgan fingerprint density at radius 1 is 1.22 bits per heavy atom. The van der Waals surface area contributed by atoms with Crippen LogP contribution in [0.15, 0.2) is 22.7 Å². The highest BCUT2D eigenvalue weighted by molar-refractivity contribution is 9.10. The van der Waals surface area contributed by atoms with Gasteiger partial charge in [0.15, 0.2) is 0 Å². The van der Waals surface area contributed by atoms with Crippen molar-refractivity contribution in [2.75, 3.05) is 0 Å². The molecule has 1 aromatic rings. The van der Waals surface area contributed by atoms with Crippen molar-refractivity contribution in [2.24, 2.45) is 17.8 Å². The maximum Gasteiger partial charge on any atom is 0.124 e. The standard InChI is InChI=1S/C15H18BrFO/c16-13-8-12(17)6-5-11(13)7-14(18)15(9-1-2-9)10-3-4-10/h5-6,8-10,14-15,18H,1-4,7H2. The van der Waals surface area contributed by atoms with Gasteiger partial charge in [-0.3, -0.25) is 0 Å². The van der Waals surface area contributed by atoms with Crippen LogP contribution in [0.1, 0.15) is 31.2 Å². The van der Waals surface area contributed by atoms with Crippen LogP contribution in [0.2, 0.25) is 0 Å². The molecule has 3 heteroatoms. The zero-order valence-corrected chi connectivity index (χ0v) is 11.9. The molecule has 0 radical (unpaired) electrons. The summed E-state index contributed by atoms with van der Waals surface area (Å²) >= 11 is 3.38. The van der Waals surface area contributed by atoms with Gasteiger partial charge in [-0.15, -0.1) is 0 Å². The lowest BCUT2D eigenvalue weighted by molar-refractivity contribution is 0.0823. The maximum absolute atomic E-state index is 13.0. The lowest BCUT2D eigenvalue weighted by Gasteiger charge is -2.23. The van der Waals surface area contributed by atoms with Crippen molar-refractivity contribution in [1.29, 1.82) is 0 Å². The smallest absolute Gasteiger partial charge is 0.124 e.